The molecule has 0 aromatic heterocycles. The first kappa shape index (κ1) is 37.6. The highest BCUT2D eigenvalue weighted by Crippen LogP contribution is 1.92. The molecule has 16 heteroatoms. The number of nitrogens with one attached hydrogen (secondary N) is 6. The first-order chi connectivity index (χ1) is 19.3. The lowest BCUT2D eigenvalue weighted by Gasteiger charge is -2.13. The minimum absolute atomic E-state index is 0.0848. The van der Waals surface area contributed by atoms with E-state index in [-0.39, 0.29) is 36.5 Å². The molecule has 4 amide bonds. The van der Waals surface area contributed by atoms with Gasteiger partial charge in [0.1, 0.15) is 0 Å². The second-order valence-electron chi connectivity index (χ2n) is 8.91. The average Bonchev–Trinajstić information content (AvgIpc) is 2.92. The smallest absolute Gasteiger partial charge is 0.237 e. The van der Waals surface area contributed by atoms with Crippen molar-refractivity contribution < 1.29 is 28.7 Å². The van der Waals surface area contributed by atoms with E-state index in [0.717, 1.165) is 0 Å². The van der Waals surface area contributed by atoms with Crippen molar-refractivity contribution in [2.24, 2.45) is 22.9 Å². The molecular weight excluding hydrogens is 524 g/mol. The molecule has 0 aromatic rings. The van der Waals surface area contributed by atoms with Gasteiger partial charge in [0.2, 0.25) is 23.6 Å². The zero-order valence-electron chi connectivity index (χ0n) is 23.6. The Balaban J connectivity index is 3.59. The topological polar surface area (TPSA) is 263 Å². The zero-order valence-corrected chi connectivity index (χ0v) is 23.6. The van der Waals surface area contributed by atoms with E-state index < -0.39 is 12.1 Å². The molecule has 234 valence electrons. The van der Waals surface area contributed by atoms with Gasteiger partial charge < -0.3 is 64.3 Å². The Morgan fingerprint density at radius 1 is 0.525 bits per heavy atom. The summed E-state index contributed by atoms with van der Waals surface area (Å²) in [6.07, 6.45) is 1.01. The molecule has 0 spiro atoms. The lowest BCUT2D eigenvalue weighted by atomic mass is 10.2. The lowest BCUT2D eigenvalue weighted by Crippen LogP contribution is -2.45. The van der Waals surface area contributed by atoms with Gasteiger partial charge in [-0.3, -0.25) is 19.2 Å². The summed E-state index contributed by atoms with van der Waals surface area (Å²) in [5, 5.41) is 16.8. The Kier molecular flexibility index (Phi) is 25.1. The van der Waals surface area contributed by atoms with Crippen LogP contribution in [-0.2, 0) is 28.7 Å². The highest BCUT2D eigenvalue weighted by atomic mass is 16.5. The molecular formula is C24H52N10O6. The van der Waals surface area contributed by atoms with Gasteiger partial charge in [0.05, 0.1) is 38.1 Å². The van der Waals surface area contributed by atoms with Gasteiger partial charge in [-0.05, 0) is 12.8 Å². The maximum atomic E-state index is 12.0. The van der Waals surface area contributed by atoms with Crippen molar-refractivity contribution in [2.45, 2.75) is 37.8 Å². The molecule has 0 saturated carbocycles. The monoisotopic (exact) mass is 576 g/mol. The number of nitrogens with two attached hydrogens (primary N) is 4. The third-order valence-electron chi connectivity index (χ3n) is 5.28. The van der Waals surface area contributed by atoms with Crippen LogP contribution in [0.25, 0.3) is 0 Å². The Morgan fingerprint density at radius 3 is 1.30 bits per heavy atom. The van der Waals surface area contributed by atoms with Gasteiger partial charge in [0, 0.05) is 78.7 Å². The van der Waals surface area contributed by atoms with E-state index >= 15 is 0 Å². The molecule has 40 heavy (non-hydrogen) atoms. The van der Waals surface area contributed by atoms with E-state index in [4.69, 9.17) is 32.4 Å². The fourth-order valence-electron chi connectivity index (χ4n) is 3.12. The van der Waals surface area contributed by atoms with Crippen LogP contribution in [0.1, 0.15) is 25.7 Å². The van der Waals surface area contributed by atoms with Crippen molar-refractivity contribution in [1.82, 2.24) is 31.9 Å². The Hall–Kier alpha value is -2.44. The minimum Gasteiger partial charge on any atom is -0.379 e. The minimum atomic E-state index is -0.911. The van der Waals surface area contributed by atoms with E-state index in [1.54, 1.807) is 0 Å². The predicted molar refractivity (Wildman–Crippen MR) is 152 cm³/mol. The first-order valence-corrected chi connectivity index (χ1v) is 13.9. The van der Waals surface area contributed by atoms with Crippen molar-refractivity contribution in [3.8, 4) is 0 Å². The van der Waals surface area contributed by atoms with Crippen molar-refractivity contribution in [3.05, 3.63) is 0 Å². The second kappa shape index (κ2) is 26.8. The number of carbonyl (C=O) groups is 4. The van der Waals surface area contributed by atoms with Crippen LogP contribution < -0.4 is 54.8 Å². The maximum absolute atomic E-state index is 12.0. The standard InChI is InChI=1S/C24H52N10O6/c25-3-7-29-9-11-31-21(35)17-19(27)23(37)33-5-1-13-39-15-16-40-14-2-6-34-24(38)20(28)18-22(36)32-12-10-30-8-4-26/h19-20,29-30H,1-18,25-28H2,(H,31,35)(H,32,36)(H,33,37)(H,34,38). The Morgan fingerprint density at radius 2 is 0.925 bits per heavy atom. The molecule has 0 bridgehead atoms. The van der Waals surface area contributed by atoms with Gasteiger partial charge in [0.15, 0.2) is 0 Å². The van der Waals surface area contributed by atoms with Gasteiger partial charge in [-0.2, -0.15) is 0 Å². The van der Waals surface area contributed by atoms with Crippen LogP contribution in [0.3, 0.4) is 0 Å². The summed E-state index contributed by atoms with van der Waals surface area (Å²) in [6.45, 7) is 6.88. The third kappa shape index (κ3) is 23.4. The van der Waals surface area contributed by atoms with Crippen molar-refractivity contribution in [1.29, 1.82) is 0 Å². The molecule has 0 saturated heterocycles. The van der Waals surface area contributed by atoms with Crippen LogP contribution in [-0.4, -0.2) is 128 Å². The van der Waals surface area contributed by atoms with Gasteiger partial charge >= 0.3 is 0 Å². The van der Waals surface area contributed by atoms with E-state index in [1.165, 1.54) is 0 Å². The fourth-order valence-corrected chi connectivity index (χ4v) is 3.12. The summed E-state index contributed by atoms with van der Waals surface area (Å²) < 4.78 is 10.9. The normalized spacial score (nSPS) is 12.4. The molecule has 0 fully saturated rings. The molecule has 2 atom stereocenters. The first-order valence-electron chi connectivity index (χ1n) is 13.9. The van der Waals surface area contributed by atoms with Gasteiger partial charge in [-0.15, -0.1) is 0 Å². The molecule has 0 aliphatic heterocycles. The molecule has 0 aromatic carbocycles. The SMILES string of the molecule is NCCNCCNC(=O)CC(N)C(=O)NCCCOCCOCCCNC(=O)C(N)CC(=O)NCCNCCN. The largest absolute Gasteiger partial charge is 0.379 e. The summed E-state index contributed by atoms with van der Waals surface area (Å²) in [5.41, 5.74) is 22.3. The second-order valence-corrected chi connectivity index (χ2v) is 8.91. The molecule has 0 aliphatic carbocycles. The summed E-state index contributed by atoms with van der Waals surface area (Å²) in [6, 6.07) is -1.82. The van der Waals surface area contributed by atoms with Gasteiger partial charge in [-0.1, -0.05) is 0 Å². The summed E-state index contributed by atoms with van der Waals surface area (Å²) >= 11 is 0. The van der Waals surface area contributed by atoms with Gasteiger partial charge in [-0.25, -0.2) is 0 Å². The van der Waals surface area contributed by atoms with E-state index in [9.17, 15) is 19.2 Å². The van der Waals surface area contributed by atoms with Crippen LogP contribution in [0.15, 0.2) is 0 Å². The van der Waals surface area contributed by atoms with Gasteiger partial charge in [0.25, 0.3) is 0 Å². The maximum Gasteiger partial charge on any atom is 0.237 e. The number of hydrogen-bond acceptors (Lipinski definition) is 12. The average molecular weight is 577 g/mol. The van der Waals surface area contributed by atoms with Crippen LogP contribution >= 0.6 is 0 Å². The number of hydrogen-bond donors (Lipinski definition) is 10. The summed E-state index contributed by atoms with van der Waals surface area (Å²) in [4.78, 5) is 47.6. The number of ether oxygens (including phenoxy) is 2. The predicted octanol–water partition coefficient (Wildman–Crippen LogP) is -5.20. The van der Waals surface area contributed by atoms with E-state index in [1.807, 2.05) is 0 Å². The van der Waals surface area contributed by atoms with Crippen molar-refractivity contribution in [2.75, 3.05) is 91.9 Å². The van der Waals surface area contributed by atoms with Crippen molar-refractivity contribution >= 4 is 23.6 Å². The Labute approximate surface area is 237 Å². The third-order valence-corrected chi connectivity index (χ3v) is 5.28. The highest BCUT2D eigenvalue weighted by molar-refractivity contribution is 5.88. The molecule has 0 heterocycles. The molecule has 16 nitrogen and oxygen atoms in total. The lowest BCUT2D eigenvalue weighted by molar-refractivity contribution is -0.127. The quantitative estimate of drug-likeness (QED) is 0.0411. The number of carbonyl (C=O) groups excluding carboxylic acids is 4. The highest BCUT2D eigenvalue weighted by Gasteiger charge is 2.17. The number of rotatable bonds is 27. The van der Waals surface area contributed by atoms with Crippen LogP contribution in [0.5, 0.6) is 0 Å². The van der Waals surface area contributed by atoms with E-state index in [2.05, 4.69) is 31.9 Å². The fraction of sp³-hybridized carbons (Fsp3) is 0.833. The zero-order chi connectivity index (χ0) is 29.8. The van der Waals surface area contributed by atoms with Crippen LogP contribution in [0, 0.1) is 0 Å². The molecule has 0 aliphatic rings. The molecule has 2 unspecified atom stereocenters. The summed E-state index contributed by atoms with van der Waals surface area (Å²) in [7, 11) is 0. The van der Waals surface area contributed by atoms with Crippen LogP contribution in [0.2, 0.25) is 0 Å². The Bertz CT molecular complexity index is 633. The molecule has 0 radical (unpaired) electrons. The van der Waals surface area contributed by atoms with Crippen molar-refractivity contribution in [3.63, 3.8) is 0 Å². The van der Waals surface area contributed by atoms with E-state index in [0.29, 0.717) is 105 Å². The number of amides is 4. The van der Waals surface area contributed by atoms with Crippen LogP contribution in [0.4, 0.5) is 0 Å². The summed E-state index contributed by atoms with van der Waals surface area (Å²) in [5.74, 6) is -1.34. The molecule has 0 rings (SSSR count). The molecule has 14 N–H and O–H groups in total.